The summed E-state index contributed by atoms with van der Waals surface area (Å²) in [6.07, 6.45) is 1.07. The van der Waals surface area contributed by atoms with Crippen LogP contribution < -0.4 is 19.5 Å². The summed E-state index contributed by atoms with van der Waals surface area (Å²) < 4.78 is 19.9. The van der Waals surface area contributed by atoms with E-state index in [9.17, 15) is 0 Å². The third kappa shape index (κ3) is 3.12. The minimum atomic E-state index is -0.483. The lowest BCUT2D eigenvalue weighted by atomic mass is 9.84. The van der Waals surface area contributed by atoms with Crippen molar-refractivity contribution in [2.24, 2.45) is 0 Å². The average Bonchev–Trinajstić information content (AvgIpc) is 3.35. The number of hydrogen-bond acceptors (Lipinski definition) is 6. The number of benzene rings is 3. The van der Waals surface area contributed by atoms with Gasteiger partial charge >= 0.3 is 0 Å². The molecular formula is C26H21ClN4O3. The van der Waals surface area contributed by atoms with Crippen LogP contribution in [0.1, 0.15) is 28.8 Å². The van der Waals surface area contributed by atoms with Crippen molar-refractivity contribution in [2.75, 3.05) is 19.5 Å². The fourth-order valence-corrected chi connectivity index (χ4v) is 4.95. The van der Waals surface area contributed by atoms with Crippen molar-refractivity contribution in [3.8, 4) is 17.2 Å². The van der Waals surface area contributed by atoms with Gasteiger partial charge in [0.05, 0.1) is 19.9 Å². The molecule has 0 aliphatic carbocycles. The maximum atomic E-state index is 6.67. The zero-order valence-corrected chi connectivity index (χ0v) is 19.3. The van der Waals surface area contributed by atoms with Crippen LogP contribution in [-0.2, 0) is 0 Å². The summed E-state index contributed by atoms with van der Waals surface area (Å²) in [5.74, 6) is 2.62. The largest absolute Gasteiger partial charge is 0.493 e. The van der Waals surface area contributed by atoms with Gasteiger partial charge in [0, 0.05) is 21.7 Å². The number of hydrogen-bond donors (Lipinski definition) is 1. The molecule has 3 aromatic carbocycles. The highest BCUT2D eigenvalue weighted by Crippen LogP contribution is 2.53. The Labute approximate surface area is 201 Å². The molecule has 6 rings (SSSR count). The van der Waals surface area contributed by atoms with Crippen molar-refractivity contribution in [3.05, 3.63) is 100 Å². The molecule has 2 aliphatic rings. The number of nitrogens with zero attached hydrogens (tertiary/aromatic N) is 3. The third-order valence-corrected chi connectivity index (χ3v) is 6.44. The second-order valence-electron chi connectivity index (χ2n) is 8.02. The molecule has 1 N–H and O–H groups in total. The predicted octanol–water partition coefficient (Wildman–Crippen LogP) is 5.51. The summed E-state index contributed by atoms with van der Waals surface area (Å²) in [5.41, 5.74) is 4.65. The molecule has 0 unspecified atom stereocenters. The number of fused-ring (bicyclic) bond motifs is 3. The van der Waals surface area contributed by atoms with Gasteiger partial charge < -0.3 is 19.5 Å². The van der Waals surface area contributed by atoms with E-state index >= 15 is 0 Å². The molecule has 3 heterocycles. The van der Waals surface area contributed by atoms with Gasteiger partial charge in [0.2, 0.25) is 5.95 Å². The van der Waals surface area contributed by atoms with Crippen LogP contribution in [0.2, 0.25) is 5.02 Å². The van der Waals surface area contributed by atoms with Crippen LogP contribution >= 0.6 is 11.6 Å². The molecule has 0 spiro atoms. The van der Waals surface area contributed by atoms with Gasteiger partial charge in [0.1, 0.15) is 18.1 Å². The van der Waals surface area contributed by atoms with E-state index < -0.39 is 6.10 Å². The first-order valence-corrected chi connectivity index (χ1v) is 11.2. The van der Waals surface area contributed by atoms with Crippen LogP contribution in [0.15, 0.2) is 78.6 Å². The van der Waals surface area contributed by atoms with Crippen molar-refractivity contribution in [3.63, 3.8) is 0 Å². The first-order chi connectivity index (χ1) is 16.7. The Morgan fingerprint density at radius 3 is 2.65 bits per heavy atom. The maximum Gasteiger partial charge on any atom is 0.226 e. The van der Waals surface area contributed by atoms with Crippen molar-refractivity contribution in [2.45, 2.75) is 12.1 Å². The molecule has 7 nitrogen and oxygen atoms in total. The Bertz CT molecular complexity index is 1420. The van der Waals surface area contributed by atoms with E-state index in [2.05, 4.69) is 27.5 Å². The van der Waals surface area contributed by atoms with E-state index in [1.165, 1.54) is 0 Å². The number of rotatable bonds is 4. The summed E-state index contributed by atoms with van der Waals surface area (Å²) in [6.45, 7) is 0. The molecule has 0 fully saturated rings. The monoisotopic (exact) mass is 472 g/mol. The van der Waals surface area contributed by atoms with Crippen LogP contribution in [0, 0.1) is 0 Å². The van der Waals surface area contributed by atoms with Gasteiger partial charge in [0.25, 0.3) is 0 Å². The fourth-order valence-electron chi connectivity index (χ4n) is 4.77. The minimum Gasteiger partial charge on any atom is -0.493 e. The first-order valence-electron chi connectivity index (χ1n) is 10.8. The summed E-state index contributed by atoms with van der Waals surface area (Å²) in [7, 11) is 3.26. The maximum absolute atomic E-state index is 6.67. The van der Waals surface area contributed by atoms with Crippen molar-refractivity contribution in [1.82, 2.24) is 14.8 Å². The molecule has 8 heteroatoms. The van der Waals surface area contributed by atoms with E-state index in [0.29, 0.717) is 28.2 Å². The molecule has 0 saturated heterocycles. The molecule has 0 saturated carbocycles. The van der Waals surface area contributed by atoms with E-state index in [-0.39, 0.29) is 6.04 Å². The summed E-state index contributed by atoms with van der Waals surface area (Å²) >= 11 is 6.41. The number of halogens is 1. The van der Waals surface area contributed by atoms with Crippen LogP contribution in [0.5, 0.6) is 17.2 Å². The molecule has 170 valence electrons. The summed E-state index contributed by atoms with van der Waals surface area (Å²) in [4.78, 5) is 4.47. The van der Waals surface area contributed by atoms with Gasteiger partial charge in [0.15, 0.2) is 17.6 Å². The topological polar surface area (TPSA) is 70.4 Å². The molecule has 2 aliphatic heterocycles. The third-order valence-electron chi connectivity index (χ3n) is 6.21. The Kier molecular flexibility index (Phi) is 4.92. The highest BCUT2D eigenvalue weighted by Gasteiger charge is 2.42. The molecule has 2 atom stereocenters. The summed E-state index contributed by atoms with van der Waals surface area (Å²) in [5, 5.41) is 8.66. The standard InChI is InChI=1S/C26H21ClN4O3/c1-32-20-10-6-9-17(24(20)33-2)25-21-22(18-13-16(27)11-12-19(18)34-25)30-26-28-14-29-31(26)23(21)15-7-4-3-5-8-15/h3-14,23,25H,1-2H3,(H,28,29,30)/t23-,25-/m1/s1. The second-order valence-corrected chi connectivity index (χ2v) is 8.45. The van der Waals surface area contributed by atoms with Crippen molar-refractivity contribution < 1.29 is 14.2 Å². The molecular weight excluding hydrogens is 452 g/mol. The fraction of sp³-hybridized carbons (Fsp3) is 0.154. The normalized spacial score (nSPS) is 18.2. The lowest BCUT2D eigenvalue weighted by Gasteiger charge is -2.39. The number of nitrogens with one attached hydrogen (secondary N) is 1. The van der Waals surface area contributed by atoms with Gasteiger partial charge in [-0.2, -0.15) is 10.1 Å². The van der Waals surface area contributed by atoms with Crippen LogP contribution in [0.25, 0.3) is 5.70 Å². The van der Waals surface area contributed by atoms with E-state index in [1.54, 1.807) is 20.5 Å². The zero-order chi connectivity index (χ0) is 23.2. The van der Waals surface area contributed by atoms with Crippen LogP contribution in [0.4, 0.5) is 5.95 Å². The minimum absolute atomic E-state index is 0.261. The molecule has 0 radical (unpaired) electrons. The van der Waals surface area contributed by atoms with Gasteiger partial charge in [-0.25, -0.2) is 4.68 Å². The van der Waals surface area contributed by atoms with Crippen LogP contribution in [0.3, 0.4) is 0 Å². The van der Waals surface area contributed by atoms with Crippen molar-refractivity contribution in [1.29, 1.82) is 0 Å². The average molecular weight is 473 g/mol. The lowest BCUT2D eigenvalue weighted by molar-refractivity contribution is 0.216. The van der Waals surface area contributed by atoms with E-state index in [0.717, 1.165) is 28.0 Å². The predicted molar refractivity (Wildman–Crippen MR) is 130 cm³/mol. The highest BCUT2D eigenvalue weighted by molar-refractivity contribution is 6.30. The SMILES string of the molecule is COc1cccc([C@H]2Oc3ccc(Cl)cc3C3=C2[C@@H](c2ccccc2)n2ncnc2N3)c1OC. The van der Waals surface area contributed by atoms with Crippen molar-refractivity contribution >= 4 is 23.2 Å². The molecule has 0 bridgehead atoms. The molecule has 1 aromatic heterocycles. The Morgan fingerprint density at radius 1 is 1.00 bits per heavy atom. The number of ether oxygens (including phenoxy) is 3. The van der Waals surface area contributed by atoms with Gasteiger partial charge in [-0.1, -0.05) is 54.1 Å². The van der Waals surface area contributed by atoms with E-state index in [1.807, 2.05) is 59.3 Å². The van der Waals surface area contributed by atoms with Crippen LogP contribution in [-0.4, -0.2) is 29.0 Å². The number of methoxy groups -OCH3 is 2. The zero-order valence-electron chi connectivity index (χ0n) is 18.5. The molecule has 34 heavy (non-hydrogen) atoms. The highest BCUT2D eigenvalue weighted by atomic mass is 35.5. The summed E-state index contributed by atoms with van der Waals surface area (Å²) in [6, 6.07) is 21.4. The first kappa shape index (κ1) is 20.6. The lowest BCUT2D eigenvalue weighted by Crippen LogP contribution is -2.32. The van der Waals surface area contributed by atoms with Gasteiger partial charge in [-0.3, -0.25) is 0 Å². The smallest absolute Gasteiger partial charge is 0.226 e. The quantitative estimate of drug-likeness (QED) is 0.422. The van der Waals surface area contributed by atoms with Gasteiger partial charge in [-0.05, 0) is 29.8 Å². The number of anilines is 1. The molecule has 4 aromatic rings. The van der Waals surface area contributed by atoms with Gasteiger partial charge in [-0.15, -0.1) is 0 Å². The Hall–Kier alpha value is -3.97. The second kappa shape index (κ2) is 8.11. The Morgan fingerprint density at radius 2 is 1.85 bits per heavy atom. The van der Waals surface area contributed by atoms with E-state index in [4.69, 9.17) is 25.8 Å². The Balaban J connectivity index is 1.66. The molecule has 0 amide bonds. The number of para-hydroxylation sites is 1. The number of aromatic nitrogens is 3.